The van der Waals surface area contributed by atoms with Crippen LogP contribution in [0.5, 0.6) is 0 Å². The minimum absolute atomic E-state index is 0.0816. The molecule has 2 fully saturated rings. The zero-order chi connectivity index (χ0) is 16.5. The Labute approximate surface area is 147 Å². The maximum absolute atomic E-state index is 12.6. The van der Waals surface area contributed by atoms with E-state index in [0.717, 1.165) is 60.1 Å². The Morgan fingerprint density at radius 2 is 1.96 bits per heavy atom. The number of thiazole rings is 1. The highest BCUT2D eigenvalue weighted by molar-refractivity contribution is 7.18. The number of piperidine rings is 1. The summed E-state index contributed by atoms with van der Waals surface area (Å²) in [6.07, 6.45) is 7.03. The Morgan fingerprint density at radius 1 is 1.21 bits per heavy atom. The molecule has 0 radical (unpaired) electrons. The summed E-state index contributed by atoms with van der Waals surface area (Å²) in [6.45, 7) is 4.18. The summed E-state index contributed by atoms with van der Waals surface area (Å²) < 4.78 is 1.14. The lowest BCUT2D eigenvalue weighted by Crippen LogP contribution is -2.32. The number of nitrogens with one attached hydrogen (secondary N) is 2. The van der Waals surface area contributed by atoms with Gasteiger partial charge in [0.1, 0.15) is 0 Å². The van der Waals surface area contributed by atoms with Crippen molar-refractivity contribution >= 4 is 27.5 Å². The van der Waals surface area contributed by atoms with Crippen molar-refractivity contribution in [1.29, 1.82) is 0 Å². The number of hydrogen-bond donors (Lipinski definition) is 2. The molecular weight excluding hydrogens is 318 g/mol. The molecule has 2 aliphatic rings. The Balaban J connectivity index is 1.59. The molecule has 1 saturated carbocycles. The van der Waals surface area contributed by atoms with Gasteiger partial charge < -0.3 is 10.6 Å². The molecule has 2 aromatic rings. The SMILES string of the molecule is Cc1cc2nc(C3CCNCC3)sc2cc1C(=O)NC1CCCC1. The molecule has 1 aromatic heterocycles. The molecule has 0 bridgehead atoms. The first kappa shape index (κ1) is 16.0. The first-order chi connectivity index (χ1) is 11.7. The second-order valence-corrected chi connectivity index (χ2v) is 8.23. The number of amides is 1. The van der Waals surface area contributed by atoms with E-state index in [1.54, 1.807) is 11.3 Å². The molecule has 5 heteroatoms. The number of aromatic nitrogens is 1. The van der Waals surface area contributed by atoms with E-state index in [1.807, 2.05) is 6.92 Å². The number of nitrogens with zero attached hydrogens (tertiary/aromatic N) is 1. The summed E-state index contributed by atoms with van der Waals surface area (Å²) in [5.74, 6) is 0.651. The molecule has 1 aromatic carbocycles. The van der Waals surface area contributed by atoms with Gasteiger partial charge >= 0.3 is 0 Å². The van der Waals surface area contributed by atoms with Crippen LogP contribution in [-0.4, -0.2) is 30.0 Å². The van der Waals surface area contributed by atoms with Gasteiger partial charge in [0.15, 0.2) is 0 Å². The van der Waals surface area contributed by atoms with Crippen LogP contribution in [0.25, 0.3) is 10.2 Å². The quantitative estimate of drug-likeness (QED) is 0.892. The lowest BCUT2D eigenvalue weighted by Gasteiger charge is -2.20. The summed E-state index contributed by atoms with van der Waals surface area (Å²) >= 11 is 1.77. The molecule has 2 heterocycles. The van der Waals surface area contributed by atoms with E-state index >= 15 is 0 Å². The van der Waals surface area contributed by atoms with Crippen molar-refractivity contribution in [2.24, 2.45) is 0 Å². The minimum Gasteiger partial charge on any atom is -0.349 e. The van der Waals surface area contributed by atoms with Gasteiger partial charge in [-0.3, -0.25) is 4.79 Å². The molecule has 0 unspecified atom stereocenters. The summed E-state index contributed by atoms with van der Waals surface area (Å²) in [7, 11) is 0. The number of rotatable bonds is 3. The maximum Gasteiger partial charge on any atom is 0.251 e. The largest absolute Gasteiger partial charge is 0.349 e. The first-order valence-corrected chi connectivity index (χ1v) is 9.95. The molecule has 1 saturated heterocycles. The van der Waals surface area contributed by atoms with E-state index in [9.17, 15) is 4.79 Å². The van der Waals surface area contributed by atoms with E-state index in [0.29, 0.717) is 12.0 Å². The summed E-state index contributed by atoms with van der Waals surface area (Å²) in [6, 6.07) is 4.50. The van der Waals surface area contributed by atoms with Gasteiger partial charge in [-0.25, -0.2) is 4.98 Å². The minimum atomic E-state index is 0.0816. The third kappa shape index (κ3) is 3.20. The number of carbonyl (C=O) groups excluding carboxylic acids is 1. The van der Waals surface area contributed by atoms with Crippen LogP contribution in [0.4, 0.5) is 0 Å². The van der Waals surface area contributed by atoms with Crippen LogP contribution in [0.15, 0.2) is 12.1 Å². The molecule has 128 valence electrons. The first-order valence-electron chi connectivity index (χ1n) is 9.13. The number of fused-ring (bicyclic) bond motifs is 1. The lowest BCUT2D eigenvalue weighted by atomic mass is 9.99. The van der Waals surface area contributed by atoms with Crippen LogP contribution in [0, 0.1) is 6.92 Å². The fourth-order valence-electron chi connectivity index (χ4n) is 3.92. The van der Waals surface area contributed by atoms with E-state index in [2.05, 4.69) is 22.8 Å². The van der Waals surface area contributed by atoms with Crippen molar-refractivity contribution < 1.29 is 4.79 Å². The van der Waals surface area contributed by atoms with Crippen LogP contribution in [-0.2, 0) is 0 Å². The second-order valence-electron chi connectivity index (χ2n) is 7.17. The summed E-state index contributed by atoms with van der Waals surface area (Å²) in [5.41, 5.74) is 2.89. The van der Waals surface area contributed by atoms with E-state index < -0.39 is 0 Å². The normalized spacial score (nSPS) is 19.9. The second kappa shape index (κ2) is 6.81. The molecule has 4 nitrogen and oxygen atoms in total. The molecule has 2 N–H and O–H groups in total. The standard InChI is InChI=1S/C19H25N3OS/c1-12-10-16-17(24-19(22-16)13-6-8-20-9-7-13)11-15(12)18(23)21-14-4-2-3-5-14/h10-11,13-14,20H,2-9H2,1H3,(H,21,23). The van der Waals surface area contributed by atoms with Crippen LogP contribution in [0.2, 0.25) is 0 Å². The van der Waals surface area contributed by atoms with E-state index in [4.69, 9.17) is 4.98 Å². The van der Waals surface area contributed by atoms with Crippen molar-refractivity contribution in [3.05, 3.63) is 28.3 Å². The molecule has 0 atom stereocenters. The number of hydrogen-bond acceptors (Lipinski definition) is 4. The molecule has 24 heavy (non-hydrogen) atoms. The fraction of sp³-hybridized carbons (Fsp3) is 0.579. The molecule has 1 amide bonds. The zero-order valence-corrected chi connectivity index (χ0v) is 15.0. The van der Waals surface area contributed by atoms with Crippen LogP contribution in [0.3, 0.4) is 0 Å². The van der Waals surface area contributed by atoms with Crippen LogP contribution >= 0.6 is 11.3 Å². The lowest BCUT2D eigenvalue weighted by molar-refractivity contribution is 0.0937. The smallest absolute Gasteiger partial charge is 0.251 e. The molecule has 4 rings (SSSR count). The van der Waals surface area contributed by atoms with Crippen molar-refractivity contribution in [2.75, 3.05) is 13.1 Å². The van der Waals surface area contributed by atoms with Crippen molar-refractivity contribution in [1.82, 2.24) is 15.6 Å². The van der Waals surface area contributed by atoms with Gasteiger partial charge in [0.05, 0.1) is 15.2 Å². The Hall–Kier alpha value is -1.46. The van der Waals surface area contributed by atoms with Gasteiger partial charge in [-0.1, -0.05) is 12.8 Å². The summed E-state index contributed by atoms with van der Waals surface area (Å²) in [5, 5.41) is 7.85. The third-order valence-corrected chi connectivity index (χ3v) is 6.56. The van der Waals surface area contributed by atoms with E-state index in [1.165, 1.54) is 17.8 Å². The maximum atomic E-state index is 12.6. The van der Waals surface area contributed by atoms with Gasteiger partial charge in [0.2, 0.25) is 0 Å². The molecular formula is C19H25N3OS. The monoisotopic (exact) mass is 343 g/mol. The van der Waals surface area contributed by atoms with Gasteiger partial charge in [-0.05, 0) is 63.4 Å². The number of aryl methyl sites for hydroxylation is 1. The molecule has 1 aliphatic carbocycles. The predicted molar refractivity (Wildman–Crippen MR) is 98.9 cm³/mol. The number of benzene rings is 1. The Bertz CT molecular complexity index is 742. The molecule has 1 aliphatic heterocycles. The van der Waals surface area contributed by atoms with Crippen LogP contribution in [0.1, 0.15) is 65.4 Å². The van der Waals surface area contributed by atoms with Gasteiger partial charge in [-0.2, -0.15) is 0 Å². The topological polar surface area (TPSA) is 54.0 Å². The van der Waals surface area contributed by atoms with Gasteiger partial charge in [-0.15, -0.1) is 11.3 Å². The highest BCUT2D eigenvalue weighted by Crippen LogP contribution is 2.33. The van der Waals surface area contributed by atoms with Crippen molar-refractivity contribution in [3.8, 4) is 0 Å². The van der Waals surface area contributed by atoms with Gasteiger partial charge in [0.25, 0.3) is 5.91 Å². The van der Waals surface area contributed by atoms with Gasteiger partial charge in [0, 0.05) is 17.5 Å². The molecule has 0 spiro atoms. The van der Waals surface area contributed by atoms with Crippen LogP contribution < -0.4 is 10.6 Å². The van der Waals surface area contributed by atoms with Crippen molar-refractivity contribution in [3.63, 3.8) is 0 Å². The predicted octanol–water partition coefficient (Wildman–Crippen LogP) is 3.74. The van der Waals surface area contributed by atoms with E-state index in [-0.39, 0.29) is 5.91 Å². The summed E-state index contributed by atoms with van der Waals surface area (Å²) in [4.78, 5) is 17.5. The Kier molecular flexibility index (Phi) is 4.55. The average molecular weight is 343 g/mol. The van der Waals surface area contributed by atoms with Crippen molar-refractivity contribution in [2.45, 2.75) is 57.4 Å². The third-order valence-electron chi connectivity index (χ3n) is 5.37. The Morgan fingerprint density at radius 3 is 2.71 bits per heavy atom. The highest BCUT2D eigenvalue weighted by Gasteiger charge is 2.22. The highest BCUT2D eigenvalue weighted by atomic mass is 32.1. The fourth-order valence-corrected chi connectivity index (χ4v) is 5.08. The average Bonchev–Trinajstić information content (AvgIpc) is 3.24. The zero-order valence-electron chi connectivity index (χ0n) is 14.2. The number of carbonyl (C=O) groups is 1.